The fourth-order valence-electron chi connectivity index (χ4n) is 3.37. The van der Waals surface area contributed by atoms with Crippen molar-refractivity contribution in [3.8, 4) is 5.75 Å². The van der Waals surface area contributed by atoms with Crippen LogP contribution < -0.4 is 5.32 Å². The molecule has 4 rings (SSSR count). The number of hydrogen-bond donors (Lipinski definition) is 3. The lowest BCUT2D eigenvalue weighted by molar-refractivity contribution is 0.452. The number of halogens is 2. The second kappa shape index (κ2) is 5.87. The van der Waals surface area contributed by atoms with Gasteiger partial charge in [0.1, 0.15) is 11.6 Å². The van der Waals surface area contributed by atoms with Crippen LogP contribution in [0, 0.1) is 12.7 Å². The number of aromatic hydroxyl groups is 1. The van der Waals surface area contributed by atoms with Crippen molar-refractivity contribution >= 4 is 23.3 Å². The molecule has 0 bridgehead atoms. The van der Waals surface area contributed by atoms with E-state index in [1.807, 2.05) is 19.1 Å². The molecular weight excluding hydrogens is 315 g/mol. The maximum Gasteiger partial charge on any atom is 0.123 e. The number of benzene rings is 2. The first-order chi connectivity index (χ1) is 10.6. The van der Waals surface area contributed by atoms with E-state index in [9.17, 15) is 9.50 Å². The average molecular weight is 333 g/mol. The van der Waals surface area contributed by atoms with Gasteiger partial charge in [0, 0.05) is 28.7 Å². The quantitative estimate of drug-likeness (QED) is 0.631. The molecule has 120 valence electrons. The molecule has 1 aliphatic heterocycles. The van der Waals surface area contributed by atoms with Crippen molar-refractivity contribution in [2.24, 2.45) is 0 Å². The van der Waals surface area contributed by atoms with Crippen LogP contribution in [0.5, 0.6) is 5.75 Å². The number of aryl methyl sites for hydroxylation is 1. The predicted octanol–water partition coefficient (Wildman–Crippen LogP) is 3.98. The molecule has 0 fully saturated rings. The van der Waals surface area contributed by atoms with E-state index in [4.69, 9.17) is 0 Å². The molecule has 23 heavy (non-hydrogen) atoms. The summed E-state index contributed by atoms with van der Waals surface area (Å²) in [6, 6.07) is 10.3. The largest absolute Gasteiger partial charge is 0.508 e. The second-order valence-corrected chi connectivity index (χ2v) is 5.91. The number of aromatic nitrogens is 1. The van der Waals surface area contributed by atoms with Crippen molar-refractivity contribution in [2.45, 2.75) is 19.4 Å². The summed E-state index contributed by atoms with van der Waals surface area (Å²) in [4.78, 5) is 3.40. The van der Waals surface area contributed by atoms with Gasteiger partial charge in [-0.2, -0.15) is 0 Å². The Kier molecular flexibility index (Phi) is 4.04. The highest BCUT2D eigenvalue weighted by molar-refractivity contribution is 5.86. The van der Waals surface area contributed by atoms with Gasteiger partial charge in [-0.25, -0.2) is 4.39 Å². The molecule has 0 spiro atoms. The number of phenols is 1. The van der Waals surface area contributed by atoms with Gasteiger partial charge in [0.2, 0.25) is 0 Å². The maximum atomic E-state index is 13.6. The molecule has 0 aliphatic carbocycles. The summed E-state index contributed by atoms with van der Waals surface area (Å²) < 4.78 is 13.6. The Morgan fingerprint density at radius 2 is 2.00 bits per heavy atom. The Balaban J connectivity index is 0.00000156. The van der Waals surface area contributed by atoms with Gasteiger partial charge < -0.3 is 15.4 Å². The fraction of sp³-hybridized carbons (Fsp3) is 0.222. The number of aromatic amines is 1. The fourth-order valence-corrected chi connectivity index (χ4v) is 3.37. The Labute approximate surface area is 139 Å². The van der Waals surface area contributed by atoms with Crippen LogP contribution in [0.15, 0.2) is 36.4 Å². The van der Waals surface area contributed by atoms with E-state index in [0.717, 1.165) is 46.3 Å². The highest BCUT2D eigenvalue weighted by atomic mass is 35.5. The normalized spacial score (nSPS) is 16.9. The van der Waals surface area contributed by atoms with Crippen LogP contribution in [0.25, 0.3) is 10.9 Å². The first-order valence-electron chi connectivity index (χ1n) is 7.46. The summed E-state index contributed by atoms with van der Waals surface area (Å²) in [5.41, 5.74) is 5.05. The van der Waals surface area contributed by atoms with Gasteiger partial charge in [-0.05, 0) is 43.2 Å². The number of nitrogens with one attached hydrogen (secondary N) is 2. The van der Waals surface area contributed by atoms with Crippen molar-refractivity contribution in [3.05, 3.63) is 64.6 Å². The summed E-state index contributed by atoms with van der Waals surface area (Å²) in [6.07, 6.45) is 0.849. The van der Waals surface area contributed by atoms with Gasteiger partial charge in [-0.3, -0.25) is 0 Å². The minimum atomic E-state index is -0.220. The van der Waals surface area contributed by atoms with Crippen LogP contribution in [-0.2, 0) is 6.42 Å². The standard InChI is InChI=1S/C18H17FN2O.ClH/c1-10-2-5-16(22)14(8-10)17-18-12(6-7-20-17)13-9-11(19)3-4-15(13)21-18;/h2-5,8-9,17,20-22H,6-7H2,1H3;1H. The number of H-pyrrole nitrogens is 1. The number of rotatable bonds is 1. The highest BCUT2D eigenvalue weighted by Gasteiger charge is 2.27. The molecule has 5 heteroatoms. The molecule has 0 saturated heterocycles. The number of phenolic OH excluding ortho intramolecular Hbond substituents is 1. The third-order valence-electron chi connectivity index (χ3n) is 4.41. The molecule has 1 aliphatic rings. The van der Waals surface area contributed by atoms with E-state index >= 15 is 0 Å². The molecule has 0 radical (unpaired) electrons. The zero-order chi connectivity index (χ0) is 15.3. The first-order valence-corrected chi connectivity index (χ1v) is 7.46. The third-order valence-corrected chi connectivity index (χ3v) is 4.41. The zero-order valence-electron chi connectivity index (χ0n) is 12.7. The van der Waals surface area contributed by atoms with Gasteiger partial charge in [0.15, 0.2) is 0 Å². The molecule has 3 aromatic rings. The van der Waals surface area contributed by atoms with Crippen LogP contribution in [0.3, 0.4) is 0 Å². The SMILES string of the molecule is Cc1ccc(O)c(C2NCCc3c2[nH]c2ccc(F)cc32)c1.Cl. The Bertz CT molecular complexity index is 875. The van der Waals surface area contributed by atoms with Crippen molar-refractivity contribution in [3.63, 3.8) is 0 Å². The van der Waals surface area contributed by atoms with E-state index in [1.165, 1.54) is 6.07 Å². The third kappa shape index (κ3) is 2.58. The van der Waals surface area contributed by atoms with Gasteiger partial charge in [0.05, 0.1) is 6.04 Å². The van der Waals surface area contributed by atoms with Crippen molar-refractivity contribution in [1.82, 2.24) is 10.3 Å². The first kappa shape index (κ1) is 15.8. The smallest absolute Gasteiger partial charge is 0.123 e. The van der Waals surface area contributed by atoms with Crippen LogP contribution in [0.1, 0.15) is 28.4 Å². The van der Waals surface area contributed by atoms with E-state index in [0.29, 0.717) is 0 Å². The number of hydrogen-bond acceptors (Lipinski definition) is 2. The molecule has 0 saturated carbocycles. The molecule has 1 unspecified atom stereocenters. The van der Waals surface area contributed by atoms with Gasteiger partial charge >= 0.3 is 0 Å². The lowest BCUT2D eigenvalue weighted by Crippen LogP contribution is -2.30. The van der Waals surface area contributed by atoms with Gasteiger partial charge in [-0.15, -0.1) is 12.4 Å². The van der Waals surface area contributed by atoms with Crippen LogP contribution >= 0.6 is 12.4 Å². The van der Waals surface area contributed by atoms with E-state index < -0.39 is 0 Å². The van der Waals surface area contributed by atoms with Crippen molar-refractivity contribution < 1.29 is 9.50 Å². The molecule has 1 aromatic heterocycles. The average Bonchev–Trinajstić information content (AvgIpc) is 2.88. The minimum Gasteiger partial charge on any atom is -0.508 e. The van der Waals surface area contributed by atoms with E-state index in [2.05, 4.69) is 10.3 Å². The Morgan fingerprint density at radius 3 is 2.83 bits per heavy atom. The Morgan fingerprint density at radius 1 is 1.17 bits per heavy atom. The van der Waals surface area contributed by atoms with Crippen molar-refractivity contribution in [2.75, 3.05) is 6.54 Å². The topological polar surface area (TPSA) is 48.0 Å². The van der Waals surface area contributed by atoms with Crippen LogP contribution in [0.2, 0.25) is 0 Å². The summed E-state index contributed by atoms with van der Waals surface area (Å²) in [5, 5.41) is 14.6. The zero-order valence-corrected chi connectivity index (χ0v) is 13.5. The summed E-state index contributed by atoms with van der Waals surface area (Å²) in [6.45, 7) is 2.81. The lowest BCUT2D eigenvalue weighted by Gasteiger charge is -2.25. The van der Waals surface area contributed by atoms with Crippen LogP contribution in [-0.4, -0.2) is 16.6 Å². The predicted molar refractivity (Wildman–Crippen MR) is 91.9 cm³/mol. The molecule has 0 amide bonds. The van der Waals surface area contributed by atoms with Gasteiger partial charge in [0.25, 0.3) is 0 Å². The summed E-state index contributed by atoms with van der Waals surface area (Å²) >= 11 is 0. The molecule has 3 N–H and O–H groups in total. The Hall–Kier alpha value is -2.04. The van der Waals surface area contributed by atoms with E-state index in [1.54, 1.807) is 18.2 Å². The second-order valence-electron chi connectivity index (χ2n) is 5.91. The van der Waals surface area contributed by atoms with E-state index in [-0.39, 0.29) is 30.0 Å². The monoisotopic (exact) mass is 332 g/mol. The van der Waals surface area contributed by atoms with Gasteiger partial charge in [-0.1, -0.05) is 17.7 Å². The molecule has 2 heterocycles. The molecule has 3 nitrogen and oxygen atoms in total. The maximum absolute atomic E-state index is 13.6. The van der Waals surface area contributed by atoms with Crippen LogP contribution in [0.4, 0.5) is 4.39 Å². The number of fused-ring (bicyclic) bond motifs is 3. The summed E-state index contributed by atoms with van der Waals surface area (Å²) in [7, 11) is 0. The highest BCUT2D eigenvalue weighted by Crippen LogP contribution is 2.37. The molecule has 2 aromatic carbocycles. The minimum absolute atomic E-state index is 0. The summed E-state index contributed by atoms with van der Waals surface area (Å²) in [5.74, 6) is 0.0589. The molecular formula is C18H18ClFN2O. The van der Waals surface area contributed by atoms with Crippen molar-refractivity contribution in [1.29, 1.82) is 0 Å². The molecule has 1 atom stereocenters. The lowest BCUT2D eigenvalue weighted by atomic mass is 9.93.